The van der Waals surface area contributed by atoms with Gasteiger partial charge in [0, 0.05) is 19.3 Å². The van der Waals surface area contributed by atoms with Crippen LogP contribution in [0.15, 0.2) is 0 Å². The van der Waals surface area contributed by atoms with Crippen LogP contribution >= 0.6 is 0 Å². The molecule has 0 aromatic heterocycles. The molecule has 0 bridgehead atoms. The summed E-state index contributed by atoms with van der Waals surface area (Å²) in [6.45, 7) is 11.5. The highest BCUT2D eigenvalue weighted by atomic mass is 16.6. The van der Waals surface area contributed by atoms with Crippen LogP contribution in [-0.2, 0) is 28.6 Å². The quantitative estimate of drug-likeness (QED) is 0.0343. The van der Waals surface area contributed by atoms with E-state index in [1.807, 2.05) is 0 Å². The molecule has 0 heterocycles. The van der Waals surface area contributed by atoms with Crippen LogP contribution < -0.4 is 0 Å². The highest BCUT2D eigenvalue weighted by Gasteiger charge is 2.19. The molecule has 0 unspecified atom stereocenters. The summed E-state index contributed by atoms with van der Waals surface area (Å²) in [7, 11) is 0. The summed E-state index contributed by atoms with van der Waals surface area (Å²) in [6, 6.07) is 0. The highest BCUT2D eigenvalue weighted by molar-refractivity contribution is 5.71. The van der Waals surface area contributed by atoms with Crippen LogP contribution in [0.3, 0.4) is 0 Å². The van der Waals surface area contributed by atoms with E-state index in [0.717, 1.165) is 69.6 Å². The molecule has 0 rings (SSSR count). The summed E-state index contributed by atoms with van der Waals surface area (Å²) in [4.78, 5) is 38.4. The molecule has 0 aliphatic rings. The maximum atomic E-state index is 12.9. The topological polar surface area (TPSA) is 78.9 Å². The van der Waals surface area contributed by atoms with Gasteiger partial charge in [-0.1, -0.05) is 343 Å². The fourth-order valence-corrected chi connectivity index (χ4v) is 10.5. The van der Waals surface area contributed by atoms with Gasteiger partial charge in [-0.2, -0.15) is 0 Å². The van der Waals surface area contributed by atoms with Crippen molar-refractivity contribution >= 4 is 17.9 Å². The number of carbonyl (C=O) groups excluding carboxylic acids is 3. The average molecular weight is 1030 g/mol. The Hall–Kier alpha value is -1.59. The Morgan fingerprint density at radius 1 is 0.260 bits per heavy atom. The molecule has 0 radical (unpaired) electrons. The molecule has 0 saturated carbocycles. The van der Waals surface area contributed by atoms with Gasteiger partial charge in [-0.05, 0) is 31.1 Å². The SMILES string of the molecule is CCCCCCCCCCCCCCCCCCCCC(=O)OC[C@@H](COC(=O)CCCCCCCCCCCCCCCCCCCCC(C)C)OC(=O)CCCCCCCCCCCCCCCC(C)C. The summed E-state index contributed by atoms with van der Waals surface area (Å²) in [5, 5.41) is 0. The van der Waals surface area contributed by atoms with Crippen molar-refractivity contribution in [1.82, 2.24) is 0 Å². The number of esters is 3. The summed E-state index contributed by atoms with van der Waals surface area (Å²) in [5.41, 5.74) is 0. The Labute approximate surface area is 457 Å². The van der Waals surface area contributed by atoms with E-state index in [9.17, 15) is 14.4 Å². The minimum Gasteiger partial charge on any atom is -0.462 e. The fraction of sp³-hybridized carbons (Fsp3) is 0.955. The van der Waals surface area contributed by atoms with Gasteiger partial charge < -0.3 is 14.2 Å². The van der Waals surface area contributed by atoms with E-state index in [-0.39, 0.29) is 31.1 Å². The molecular formula is C67H130O6. The molecule has 0 aromatic carbocycles. The molecule has 73 heavy (non-hydrogen) atoms. The zero-order chi connectivity index (χ0) is 53.2. The summed E-state index contributed by atoms with van der Waals surface area (Å²) < 4.78 is 17.0. The van der Waals surface area contributed by atoms with Gasteiger partial charge in [-0.3, -0.25) is 14.4 Å². The second kappa shape index (κ2) is 59.7. The Kier molecular flexibility index (Phi) is 58.4. The van der Waals surface area contributed by atoms with Crippen LogP contribution in [0.5, 0.6) is 0 Å². The third kappa shape index (κ3) is 61.1. The van der Waals surface area contributed by atoms with Crippen LogP contribution in [0, 0.1) is 11.8 Å². The Morgan fingerprint density at radius 3 is 0.671 bits per heavy atom. The van der Waals surface area contributed by atoms with Gasteiger partial charge in [0.15, 0.2) is 6.10 Å². The fourth-order valence-electron chi connectivity index (χ4n) is 10.5. The van der Waals surface area contributed by atoms with Crippen molar-refractivity contribution in [3.05, 3.63) is 0 Å². The first-order chi connectivity index (χ1) is 35.7. The molecule has 0 aliphatic heterocycles. The minimum absolute atomic E-state index is 0.0616. The van der Waals surface area contributed by atoms with E-state index in [1.165, 1.54) is 270 Å². The van der Waals surface area contributed by atoms with E-state index in [2.05, 4.69) is 34.6 Å². The molecule has 0 N–H and O–H groups in total. The lowest BCUT2D eigenvalue weighted by Crippen LogP contribution is -2.30. The van der Waals surface area contributed by atoms with Gasteiger partial charge in [-0.25, -0.2) is 0 Å². The third-order valence-electron chi connectivity index (χ3n) is 15.5. The van der Waals surface area contributed by atoms with Crippen molar-refractivity contribution < 1.29 is 28.6 Å². The van der Waals surface area contributed by atoms with E-state index < -0.39 is 6.10 Å². The number of rotatable bonds is 61. The first kappa shape index (κ1) is 71.4. The number of unbranched alkanes of at least 4 members (excludes halogenated alkanes) is 46. The predicted molar refractivity (Wildman–Crippen MR) is 316 cm³/mol. The first-order valence-electron chi connectivity index (χ1n) is 33.2. The van der Waals surface area contributed by atoms with Gasteiger partial charge in [0.1, 0.15) is 13.2 Å². The Balaban J connectivity index is 4.26. The van der Waals surface area contributed by atoms with Crippen molar-refractivity contribution in [2.45, 2.75) is 387 Å². The van der Waals surface area contributed by atoms with Gasteiger partial charge >= 0.3 is 17.9 Å². The van der Waals surface area contributed by atoms with E-state index >= 15 is 0 Å². The average Bonchev–Trinajstić information content (AvgIpc) is 3.37. The molecule has 0 fully saturated rings. The zero-order valence-corrected chi connectivity index (χ0v) is 50.3. The van der Waals surface area contributed by atoms with Crippen LogP contribution in [0.25, 0.3) is 0 Å². The lowest BCUT2D eigenvalue weighted by atomic mass is 10.0. The van der Waals surface area contributed by atoms with Crippen LogP contribution in [0.2, 0.25) is 0 Å². The molecule has 6 heteroatoms. The molecular weight excluding hydrogens is 901 g/mol. The van der Waals surface area contributed by atoms with Gasteiger partial charge in [0.25, 0.3) is 0 Å². The highest BCUT2D eigenvalue weighted by Crippen LogP contribution is 2.19. The molecule has 1 atom stereocenters. The number of hydrogen-bond donors (Lipinski definition) is 0. The third-order valence-corrected chi connectivity index (χ3v) is 15.5. The predicted octanol–water partition coefficient (Wildman–Crippen LogP) is 22.4. The Bertz CT molecular complexity index is 1120. The minimum atomic E-state index is -0.764. The molecule has 0 spiro atoms. The van der Waals surface area contributed by atoms with E-state index in [1.54, 1.807) is 0 Å². The van der Waals surface area contributed by atoms with Crippen LogP contribution in [-0.4, -0.2) is 37.2 Å². The monoisotopic (exact) mass is 1030 g/mol. The van der Waals surface area contributed by atoms with E-state index in [4.69, 9.17) is 14.2 Å². The van der Waals surface area contributed by atoms with Gasteiger partial charge in [0.05, 0.1) is 0 Å². The van der Waals surface area contributed by atoms with E-state index in [0.29, 0.717) is 19.3 Å². The van der Waals surface area contributed by atoms with Crippen molar-refractivity contribution in [3.8, 4) is 0 Å². The zero-order valence-electron chi connectivity index (χ0n) is 50.3. The Morgan fingerprint density at radius 2 is 0.452 bits per heavy atom. The first-order valence-corrected chi connectivity index (χ1v) is 33.2. The van der Waals surface area contributed by atoms with Crippen molar-refractivity contribution in [3.63, 3.8) is 0 Å². The van der Waals surface area contributed by atoms with Crippen molar-refractivity contribution in [1.29, 1.82) is 0 Å². The molecule has 0 amide bonds. The number of hydrogen-bond acceptors (Lipinski definition) is 6. The molecule has 434 valence electrons. The number of ether oxygens (including phenoxy) is 3. The molecule has 0 saturated heterocycles. The van der Waals surface area contributed by atoms with Crippen molar-refractivity contribution in [2.24, 2.45) is 11.8 Å². The number of carbonyl (C=O) groups is 3. The largest absolute Gasteiger partial charge is 0.462 e. The summed E-state index contributed by atoms with van der Waals surface area (Å²) in [5.74, 6) is 0.869. The smallest absolute Gasteiger partial charge is 0.306 e. The maximum Gasteiger partial charge on any atom is 0.306 e. The maximum absolute atomic E-state index is 12.9. The lowest BCUT2D eigenvalue weighted by molar-refractivity contribution is -0.167. The second-order valence-corrected chi connectivity index (χ2v) is 24.1. The van der Waals surface area contributed by atoms with Crippen LogP contribution in [0.1, 0.15) is 381 Å². The molecule has 0 aliphatic carbocycles. The molecule has 6 nitrogen and oxygen atoms in total. The lowest BCUT2D eigenvalue weighted by Gasteiger charge is -2.18. The van der Waals surface area contributed by atoms with Crippen LogP contribution in [0.4, 0.5) is 0 Å². The standard InChI is InChI=1S/C67H130O6/c1-6-7-8-9-10-11-12-13-14-15-19-22-27-32-37-42-47-52-57-65(68)71-60-64(73-67(70)59-54-49-44-39-34-29-24-26-31-36-41-46-51-56-63(4)5)61-72-66(69)58-53-48-43-38-33-28-23-20-17-16-18-21-25-30-35-40-45-50-55-62(2)3/h62-64H,6-61H2,1-5H3/t64-/m0/s1. The molecule has 0 aromatic rings. The van der Waals surface area contributed by atoms with Crippen molar-refractivity contribution in [2.75, 3.05) is 13.2 Å². The summed E-state index contributed by atoms with van der Waals surface area (Å²) >= 11 is 0. The summed E-state index contributed by atoms with van der Waals surface area (Å²) in [6.07, 6.45) is 66.8. The normalized spacial score (nSPS) is 12.0. The van der Waals surface area contributed by atoms with Gasteiger partial charge in [0.2, 0.25) is 0 Å². The second-order valence-electron chi connectivity index (χ2n) is 24.1. The van der Waals surface area contributed by atoms with Gasteiger partial charge in [-0.15, -0.1) is 0 Å².